The van der Waals surface area contributed by atoms with E-state index in [2.05, 4.69) is 29.4 Å². The molecule has 3 aromatic carbocycles. The Morgan fingerprint density at radius 1 is 0.750 bits per heavy atom. The van der Waals surface area contributed by atoms with Crippen LogP contribution in [0.15, 0.2) is 107 Å². The number of benzene rings is 3. The smallest absolute Gasteiger partial charge is 0.254 e. The van der Waals surface area contributed by atoms with E-state index in [1.54, 1.807) is 10.9 Å². The Morgan fingerprint density at radius 2 is 1.30 bits per heavy atom. The zero-order chi connectivity index (χ0) is 27.0. The number of hydrazone groups is 1. The molecule has 3 aliphatic carbocycles. The molecule has 1 aliphatic heterocycles. The van der Waals surface area contributed by atoms with Crippen molar-refractivity contribution in [2.45, 2.75) is 18.8 Å². The third-order valence-electron chi connectivity index (χ3n) is 8.47. The summed E-state index contributed by atoms with van der Waals surface area (Å²) in [4.78, 5) is 27.8. The number of para-hydroxylation sites is 1. The van der Waals surface area contributed by atoms with Gasteiger partial charge in [0.1, 0.15) is 11.5 Å². The Bertz CT molecular complexity index is 1730. The summed E-state index contributed by atoms with van der Waals surface area (Å²) in [5.41, 5.74) is 6.65. The first-order valence-electron chi connectivity index (χ1n) is 13.4. The van der Waals surface area contributed by atoms with Crippen LogP contribution in [0.4, 0.5) is 0 Å². The molecular weight excluding hydrogens is 500 g/mol. The van der Waals surface area contributed by atoms with Crippen LogP contribution in [0.2, 0.25) is 0 Å². The number of hydrogen-bond donors (Lipinski definition) is 0. The van der Waals surface area contributed by atoms with Gasteiger partial charge < -0.3 is 4.42 Å². The van der Waals surface area contributed by atoms with Crippen LogP contribution < -0.4 is 0 Å². The molecular formula is C33H24N4O3. The van der Waals surface area contributed by atoms with Crippen LogP contribution >= 0.6 is 0 Å². The topological polar surface area (TPSA) is 80.7 Å². The zero-order valence-electron chi connectivity index (χ0n) is 21.6. The summed E-state index contributed by atoms with van der Waals surface area (Å²) in [5.74, 6) is -0.436. The highest BCUT2D eigenvalue weighted by molar-refractivity contribution is 6.08. The predicted octanol–water partition coefficient (Wildman–Crippen LogP) is 5.67. The first-order valence-corrected chi connectivity index (χ1v) is 13.4. The number of carbonyl (C=O) groups excluding carboxylic acids is 2. The maximum atomic E-state index is 13.9. The molecule has 2 atom stereocenters. The summed E-state index contributed by atoms with van der Waals surface area (Å²) in [5, 5.41) is 10.4. The number of nitrogens with zero attached hydrogens (tertiary/aromatic N) is 4. The van der Waals surface area contributed by atoms with Crippen molar-refractivity contribution >= 4 is 18.0 Å². The number of aromatic nitrogens is 2. The molecule has 4 aliphatic rings. The fourth-order valence-corrected chi connectivity index (χ4v) is 6.84. The van der Waals surface area contributed by atoms with Crippen molar-refractivity contribution in [1.29, 1.82) is 0 Å². The molecule has 2 bridgehead atoms. The minimum atomic E-state index is -0.473. The second-order valence-electron chi connectivity index (χ2n) is 10.6. The molecule has 194 valence electrons. The minimum Gasteiger partial charge on any atom is -0.460 e. The minimum absolute atomic E-state index is 0.165. The van der Waals surface area contributed by atoms with Crippen molar-refractivity contribution < 1.29 is 14.0 Å². The first kappa shape index (κ1) is 22.9. The van der Waals surface area contributed by atoms with Crippen molar-refractivity contribution in [3.8, 4) is 17.1 Å². The van der Waals surface area contributed by atoms with Crippen LogP contribution in [0.25, 0.3) is 17.1 Å². The van der Waals surface area contributed by atoms with Gasteiger partial charge in [-0.05, 0) is 53.4 Å². The highest BCUT2D eigenvalue weighted by Gasteiger charge is 2.61. The average molecular weight is 525 g/mol. The monoisotopic (exact) mass is 524 g/mol. The van der Waals surface area contributed by atoms with Crippen molar-refractivity contribution in [3.05, 3.63) is 131 Å². The van der Waals surface area contributed by atoms with Gasteiger partial charge in [-0.3, -0.25) is 9.59 Å². The third-order valence-corrected chi connectivity index (χ3v) is 8.47. The molecule has 1 saturated heterocycles. The molecule has 1 fully saturated rings. The third kappa shape index (κ3) is 3.18. The molecule has 3 heterocycles. The molecule has 2 aromatic heterocycles. The number of aryl methyl sites for hydroxylation is 1. The molecule has 40 heavy (non-hydrogen) atoms. The number of rotatable bonds is 4. The van der Waals surface area contributed by atoms with Gasteiger partial charge in [0, 0.05) is 23.6 Å². The van der Waals surface area contributed by atoms with Crippen LogP contribution in [0.5, 0.6) is 0 Å². The fraction of sp³-hybridized carbons (Fsp3) is 0.152. The van der Waals surface area contributed by atoms with Gasteiger partial charge in [-0.1, -0.05) is 66.7 Å². The van der Waals surface area contributed by atoms with E-state index in [0.717, 1.165) is 38.7 Å². The van der Waals surface area contributed by atoms with E-state index in [1.807, 2.05) is 79.9 Å². The second kappa shape index (κ2) is 8.48. The summed E-state index contributed by atoms with van der Waals surface area (Å²) in [6, 6.07) is 29.9. The quantitative estimate of drug-likeness (QED) is 0.224. The lowest BCUT2D eigenvalue weighted by molar-refractivity contribution is -0.139. The van der Waals surface area contributed by atoms with Crippen molar-refractivity contribution in [2.75, 3.05) is 0 Å². The summed E-state index contributed by atoms with van der Waals surface area (Å²) in [6.07, 6.45) is 3.38. The Kier molecular flexibility index (Phi) is 4.85. The Labute approximate surface area is 230 Å². The molecule has 9 rings (SSSR count). The van der Waals surface area contributed by atoms with Crippen molar-refractivity contribution in [2.24, 2.45) is 16.9 Å². The first-order chi connectivity index (χ1) is 19.6. The van der Waals surface area contributed by atoms with Crippen LogP contribution in [0, 0.1) is 18.8 Å². The molecule has 0 radical (unpaired) electrons. The van der Waals surface area contributed by atoms with Gasteiger partial charge in [0.15, 0.2) is 5.76 Å². The molecule has 2 amide bonds. The molecule has 7 heteroatoms. The predicted molar refractivity (Wildman–Crippen MR) is 149 cm³/mol. The van der Waals surface area contributed by atoms with Gasteiger partial charge in [0.05, 0.1) is 23.7 Å². The summed E-state index contributed by atoms with van der Waals surface area (Å²) < 4.78 is 7.62. The highest BCUT2D eigenvalue weighted by Crippen LogP contribution is 2.60. The van der Waals surface area contributed by atoms with Crippen molar-refractivity contribution in [1.82, 2.24) is 14.8 Å². The van der Waals surface area contributed by atoms with Crippen molar-refractivity contribution in [3.63, 3.8) is 0 Å². The van der Waals surface area contributed by atoms with E-state index in [-0.39, 0.29) is 23.7 Å². The summed E-state index contributed by atoms with van der Waals surface area (Å²) >= 11 is 0. The van der Waals surface area contributed by atoms with E-state index in [9.17, 15) is 9.59 Å². The summed E-state index contributed by atoms with van der Waals surface area (Å²) in [7, 11) is 0. The van der Waals surface area contributed by atoms with E-state index in [1.165, 1.54) is 0 Å². The zero-order valence-corrected chi connectivity index (χ0v) is 21.6. The Hall–Kier alpha value is -5.04. The molecule has 0 spiro atoms. The summed E-state index contributed by atoms with van der Waals surface area (Å²) in [6.45, 7) is 1.87. The second-order valence-corrected chi connectivity index (χ2v) is 10.6. The largest absolute Gasteiger partial charge is 0.460 e. The normalized spacial score (nSPS) is 22.6. The van der Waals surface area contributed by atoms with E-state index < -0.39 is 11.8 Å². The number of amides is 2. The van der Waals surface area contributed by atoms with Gasteiger partial charge in [-0.2, -0.15) is 15.2 Å². The number of imide groups is 1. The molecule has 0 saturated carbocycles. The Morgan fingerprint density at radius 3 is 1.82 bits per heavy atom. The van der Waals surface area contributed by atoms with Gasteiger partial charge in [0.2, 0.25) is 0 Å². The van der Waals surface area contributed by atoms with E-state index in [0.29, 0.717) is 17.0 Å². The molecule has 7 nitrogen and oxygen atoms in total. The lowest BCUT2D eigenvalue weighted by Gasteiger charge is -2.45. The fourth-order valence-electron chi connectivity index (χ4n) is 6.84. The molecule has 0 N–H and O–H groups in total. The number of furan rings is 1. The van der Waals surface area contributed by atoms with Crippen LogP contribution in [0.3, 0.4) is 0 Å². The maximum Gasteiger partial charge on any atom is 0.254 e. The number of carbonyl (C=O) groups is 2. The molecule has 5 aromatic rings. The lowest BCUT2D eigenvalue weighted by atomic mass is 9.55. The standard InChI is InChI=1S/C33H24N4O3/c1-19-15-16-26(40-19)31-20(18-36(35-31)21-9-3-2-4-10-21)17-34-37-32(38)29-27-22-11-5-6-12-23(22)28(30(29)33(37)39)25-14-8-7-13-24(25)27/h2-18,27-30H,1H3/b34-17-/t27?,28?,29-,30+. The van der Waals surface area contributed by atoms with E-state index in [4.69, 9.17) is 9.52 Å². The average Bonchev–Trinajstić information content (AvgIpc) is 3.69. The van der Waals surface area contributed by atoms with E-state index >= 15 is 0 Å². The van der Waals surface area contributed by atoms with Gasteiger partial charge in [-0.15, -0.1) is 0 Å². The number of hydrogen-bond acceptors (Lipinski definition) is 5. The SMILES string of the molecule is Cc1ccc(-c2nn(-c3ccccc3)cc2/C=N\N2C(=O)[C@@H]3C4c5ccccc5C(c5ccccc54)[C@@H]3C2=O)o1. The Balaban J connectivity index is 1.20. The lowest BCUT2D eigenvalue weighted by Crippen LogP contribution is -2.41. The van der Waals surface area contributed by atoms with Crippen LogP contribution in [-0.2, 0) is 9.59 Å². The van der Waals surface area contributed by atoms with Gasteiger partial charge in [0.25, 0.3) is 11.8 Å². The highest BCUT2D eigenvalue weighted by atomic mass is 16.3. The van der Waals surface area contributed by atoms with Gasteiger partial charge in [-0.25, -0.2) is 4.68 Å². The van der Waals surface area contributed by atoms with Crippen LogP contribution in [-0.4, -0.2) is 32.8 Å². The van der Waals surface area contributed by atoms with Gasteiger partial charge >= 0.3 is 0 Å². The van der Waals surface area contributed by atoms with Crippen LogP contribution in [0.1, 0.15) is 45.4 Å². The molecule has 0 unspecified atom stereocenters. The maximum absolute atomic E-state index is 13.9.